The van der Waals surface area contributed by atoms with Crippen molar-refractivity contribution < 1.29 is 0 Å². The number of hydrogen-bond acceptors (Lipinski definition) is 0. The summed E-state index contributed by atoms with van der Waals surface area (Å²) < 4.78 is 0. The summed E-state index contributed by atoms with van der Waals surface area (Å²) >= 11 is 3.93. The summed E-state index contributed by atoms with van der Waals surface area (Å²) in [6.45, 7) is 2.23. The molecule has 3 rings (SSSR count). The summed E-state index contributed by atoms with van der Waals surface area (Å²) in [7, 11) is 0. The fraction of sp³-hybridized carbons (Fsp3) is 0.647. The summed E-state index contributed by atoms with van der Waals surface area (Å²) in [5.41, 5.74) is 2.96. The van der Waals surface area contributed by atoms with Crippen LogP contribution in [0.1, 0.15) is 43.2 Å². The Bertz CT molecular complexity index is 412. The molecule has 18 heavy (non-hydrogen) atoms. The zero-order valence-corrected chi connectivity index (χ0v) is 12.8. The Balaban J connectivity index is 1.56. The number of alkyl halides is 1. The molecule has 0 radical (unpaired) electrons. The molecule has 0 N–H and O–H groups in total. The average molecular weight is 307 g/mol. The maximum atomic E-state index is 3.93. The molecular formula is C17H23Br. The van der Waals surface area contributed by atoms with Gasteiger partial charge in [-0.2, -0.15) is 0 Å². The Morgan fingerprint density at radius 1 is 1.22 bits per heavy atom. The highest BCUT2D eigenvalue weighted by Gasteiger charge is 2.39. The van der Waals surface area contributed by atoms with Crippen LogP contribution in [0.15, 0.2) is 24.3 Å². The summed E-state index contributed by atoms with van der Waals surface area (Å²) in [5, 5.41) is 0. The summed E-state index contributed by atoms with van der Waals surface area (Å²) in [5.74, 6) is 3.15. The lowest BCUT2D eigenvalue weighted by atomic mass is 9.84. The highest BCUT2D eigenvalue weighted by Crippen LogP contribution is 2.50. The van der Waals surface area contributed by atoms with E-state index in [1.54, 1.807) is 0 Å². The Morgan fingerprint density at radius 2 is 2.06 bits per heavy atom. The lowest BCUT2D eigenvalue weighted by molar-refractivity contribution is 0.313. The van der Waals surface area contributed by atoms with E-state index >= 15 is 0 Å². The van der Waals surface area contributed by atoms with E-state index in [0.29, 0.717) is 4.83 Å². The van der Waals surface area contributed by atoms with Gasteiger partial charge in [0.15, 0.2) is 0 Å². The molecule has 4 unspecified atom stereocenters. The van der Waals surface area contributed by atoms with E-state index in [1.807, 2.05) is 0 Å². The Labute approximate surface area is 119 Å². The molecule has 0 amide bonds. The van der Waals surface area contributed by atoms with Crippen molar-refractivity contribution in [2.75, 3.05) is 0 Å². The van der Waals surface area contributed by atoms with E-state index < -0.39 is 0 Å². The molecule has 2 aliphatic carbocycles. The van der Waals surface area contributed by atoms with Crippen LogP contribution < -0.4 is 0 Å². The molecule has 2 saturated carbocycles. The molecule has 2 aliphatic rings. The first kappa shape index (κ1) is 12.7. The third-order valence-corrected chi connectivity index (χ3v) is 5.84. The first-order valence-electron chi connectivity index (χ1n) is 7.41. The van der Waals surface area contributed by atoms with Crippen LogP contribution in [0.3, 0.4) is 0 Å². The molecular weight excluding hydrogens is 284 g/mol. The molecule has 1 heteroatoms. The van der Waals surface area contributed by atoms with Crippen LogP contribution in [-0.2, 0) is 6.42 Å². The Hall–Kier alpha value is -0.300. The largest absolute Gasteiger partial charge is 0.0887 e. The van der Waals surface area contributed by atoms with Crippen LogP contribution in [0, 0.1) is 24.7 Å². The van der Waals surface area contributed by atoms with Gasteiger partial charge in [0.05, 0.1) is 0 Å². The normalized spacial score (nSPS) is 31.8. The second kappa shape index (κ2) is 5.36. The Kier molecular flexibility index (Phi) is 3.79. The second-order valence-electron chi connectivity index (χ2n) is 6.40. The molecule has 0 aromatic heterocycles. The standard InChI is InChI=1S/C17H23Br/c1-12-4-2-3-5-14(12)10-17(18)11-16-9-13-6-7-15(16)8-13/h2-5,13,15-17H,6-11H2,1H3. The van der Waals surface area contributed by atoms with Gasteiger partial charge >= 0.3 is 0 Å². The molecule has 0 nitrogen and oxygen atoms in total. The molecule has 0 saturated heterocycles. The lowest BCUT2D eigenvalue weighted by Crippen LogP contribution is -2.16. The lowest BCUT2D eigenvalue weighted by Gasteiger charge is -2.24. The minimum Gasteiger partial charge on any atom is -0.0887 e. The van der Waals surface area contributed by atoms with Crippen molar-refractivity contribution in [1.29, 1.82) is 0 Å². The fourth-order valence-corrected chi connectivity index (χ4v) is 4.98. The van der Waals surface area contributed by atoms with Crippen molar-refractivity contribution in [2.24, 2.45) is 17.8 Å². The Morgan fingerprint density at radius 3 is 2.72 bits per heavy atom. The van der Waals surface area contributed by atoms with Crippen molar-refractivity contribution in [3.05, 3.63) is 35.4 Å². The van der Waals surface area contributed by atoms with Crippen LogP contribution in [0.2, 0.25) is 0 Å². The minimum atomic E-state index is 0.669. The van der Waals surface area contributed by atoms with Crippen molar-refractivity contribution in [2.45, 2.75) is 50.3 Å². The van der Waals surface area contributed by atoms with Gasteiger partial charge in [0.2, 0.25) is 0 Å². The first-order chi connectivity index (χ1) is 8.72. The van der Waals surface area contributed by atoms with Gasteiger partial charge in [-0.3, -0.25) is 0 Å². The van der Waals surface area contributed by atoms with E-state index in [0.717, 1.165) is 17.8 Å². The SMILES string of the molecule is Cc1ccccc1CC(Br)CC1CC2CCC1C2. The van der Waals surface area contributed by atoms with Gasteiger partial charge in [0.1, 0.15) is 0 Å². The number of hydrogen-bond donors (Lipinski definition) is 0. The van der Waals surface area contributed by atoms with E-state index in [2.05, 4.69) is 47.1 Å². The van der Waals surface area contributed by atoms with E-state index in [4.69, 9.17) is 0 Å². The van der Waals surface area contributed by atoms with Crippen molar-refractivity contribution in [1.82, 2.24) is 0 Å². The number of halogens is 1. The van der Waals surface area contributed by atoms with Crippen LogP contribution in [0.4, 0.5) is 0 Å². The van der Waals surface area contributed by atoms with Gasteiger partial charge < -0.3 is 0 Å². The minimum absolute atomic E-state index is 0.669. The van der Waals surface area contributed by atoms with Crippen LogP contribution in [0.5, 0.6) is 0 Å². The van der Waals surface area contributed by atoms with E-state index in [9.17, 15) is 0 Å². The molecule has 2 bridgehead atoms. The molecule has 0 aliphatic heterocycles. The molecule has 0 spiro atoms. The summed E-state index contributed by atoms with van der Waals surface area (Å²) in [6.07, 6.45) is 8.66. The van der Waals surface area contributed by atoms with Crippen LogP contribution in [-0.4, -0.2) is 4.83 Å². The third kappa shape index (κ3) is 2.66. The molecule has 4 atom stereocenters. The molecule has 1 aromatic carbocycles. The average Bonchev–Trinajstić information content (AvgIpc) is 2.94. The van der Waals surface area contributed by atoms with Gasteiger partial charge in [-0.25, -0.2) is 0 Å². The zero-order chi connectivity index (χ0) is 12.5. The van der Waals surface area contributed by atoms with Gasteiger partial charge in [-0.05, 0) is 67.9 Å². The first-order valence-corrected chi connectivity index (χ1v) is 8.32. The number of rotatable bonds is 4. The quantitative estimate of drug-likeness (QED) is 0.677. The van der Waals surface area contributed by atoms with Crippen molar-refractivity contribution in [3.63, 3.8) is 0 Å². The van der Waals surface area contributed by atoms with Gasteiger partial charge in [0, 0.05) is 4.83 Å². The van der Waals surface area contributed by atoms with E-state index in [-0.39, 0.29) is 0 Å². The van der Waals surface area contributed by atoms with Crippen LogP contribution in [0.25, 0.3) is 0 Å². The fourth-order valence-electron chi connectivity index (χ4n) is 4.15. The molecule has 98 valence electrons. The maximum absolute atomic E-state index is 3.93. The van der Waals surface area contributed by atoms with Gasteiger partial charge in [-0.15, -0.1) is 0 Å². The third-order valence-electron chi connectivity index (χ3n) is 5.15. The predicted molar refractivity (Wildman–Crippen MR) is 81.2 cm³/mol. The monoisotopic (exact) mass is 306 g/mol. The highest BCUT2D eigenvalue weighted by molar-refractivity contribution is 9.09. The summed E-state index contributed by atoms with van der Waals surface area (Å²) in [4.78, 5) is 0.669. The van der Waals surface area contributed by atoms with Crippen LogP contribution >= 0.6 is 15.9 Å². The number of fused-ring (bicyclic) bond motifs is 2. The molecule has 1 aromatic rings. The smallest absolute Gasteiger partial charge is 0.0189 e. The van der Waals surface area contributed by atoms with Crippen molar-refractivity contribution >= 4 is 15.9 Å². The number of benzene rings is 1. The van der Waals surface area contributed by atoms with Gasteiger partial charge in [-0.1, -0.05) is 46.6 Å². The zero-order valence-electron chi connectivity index (χ0n) is 11.2. The summed E-state index contributed by atoms with van der Waals surface area (Å²) in [6, 6.07) is 8.81. The van der Waals surface area contributed by atoms with E-state index in [1.165, 1.54) is 49.7 Å². The number of aryl methyl sites for hydroxylation is 1. The molecule has 2 fully saturated rings. The predicted octanol–water partition coefficient (Wildman–Crippen LogP) is 5.13. The molecule has 0 heterocycles. The van der Waals surface area contributed by atoms with Gasteiger partial charge in [0.25, 0.3) is 0 Å². The second-order valence-corrected chi connectivity index (χ2v) is 7.69. The topological polar surface area (TPSA) is 0 Å². The van der Waals surface area contributed by atoms with Crippen molar-refractivity contribution in [3.8, 4) is 0 Å². The maximum Gasteiger partial charge on any atom is 0.0189 e. The highest BCUT2D eigenvalue weighted by atomic mass is 79.9.